The molecule has 2 rings (SSSR count). The first-order chi connectivity index (χ1) is 8.31. The molecular weight excluding hydrogens is 226 g/mol. The Labute approximate surface area is 109 Å². The summed E-state index contributed by atoms with van der Waals surface area (Å²) in [5.74, 6) is 2.02. The van der Waals surface area contributed by atoms with Gasteiger partial charge in [0.15, 0.2) is 5.82 Å². The maximum absolute atomic E-state index is 6.51. The summed E-state index contributed by atoms with van der Waals surface area (Å²) in [7, 11) is 0. The number of hydrogen-bond acceptors (Lipinski definition) is 4. The second kappa shape index (κ2) is 4.65. The van der Waals surface area contributed by atoms with Crippen LogP contribution in [0.2, 0.25) is 0 Å². The van der Waals surface area contributed by atoms with Crippen molar-refractivity contribution in [1.29, 1.82) is 0 Å². The van der Waals surface area contributed by atoms with E-state index < -0.39 is 5.54 Å². The highest BCUT2D eigenvalue weighted by Gasteiger charge is 2.37. The molecule has 0 radical (unpaired) electrons. The third-order valence-electron chi connectivity index (χ3n) is 4.31. The van der Waals surface area contributed by atoms with Crippen LogP contribution < -0.4 is 5.73 Å². The average molecular weight is 251 g/mol. The van der Waals surface area contributed by atoms with Gasteiger partial charge in [-0.3, -0.25) is 0 Å². The van der Waals surface area contributed by atoms with Crippen molar-refractivity contribution in [2.24, 2.45) is 17.1 Å². The van der Waals surface area contributed by atoms with Crippen molar-refractivity contribution >= 4 is 0 Å². The SMILES string of the molecule is Cc1nc(C2(N)CCCC(C(C)(C)C)CC2)no1. The highest BCUT2D eigenvalue weighted by molar-refractivity contribution is 5.05. The predicted octanol–water partition coefficient (Wildman–Crippen LogP) is 3.16. The molecule has 18 heavy (non-hydrogen) atoms. The summed E-state index contributed by atoms with van der Waals surface area (Å²) in [5, 5.41) is 4.03. The Bertz CT molecular complexity index is 407. The summed E-state index contributed by atoms with van der Waals surface area (Å²) in [5.41, 5.74) is 6.48. The predicted molar refractivity (Wildman–Crippen MR) is 70.9 cm³/mol. The molecule has 4 heteroatoms. The van der Waals surface area contributed by atoms with Crippen LogP contribution in [-0.2, 0) is 5.54 Å². The fourth-order valence-electron chi connectivity index (χ4n) is 2.96. The van der Waals surface area contributed by atoms with E-state index in [1.807, 2.05) is 6.92 Å². The van der Waals surface area contributed by atoms with E-state index in [4.69, 9.17) is 10.3 Å². The second-order valence-corrected chi connectivity index (χ2v) is 6.79. The first-order valence-electron chi connectivity index (χ1n) is 6.91. The molecular formula is C14H25N3O. The summed E-state index contributed by atoms with van der Waals surface area (Å²) in [6.07, 6.45) is 5.45. The molecule has 2 atom stereocenters. The van der Waals surface area contributed by atoms with Crippen LogP contribution in [0.3, 0.4) is 0 Å². The summed E-state index contributed by atoms with van der Waals surface area (Å²) >= 11 is 0. The minimum Gasteiger partial charge on any atom is -0.340 e. The Kier molecular flexibility index (Phi) is 3.49. The Morgan fingerprint density at radius 1 is 1.28 bits per heavy atom. The van der Waals surface area contributed by atoms with Gasteiger partial charge in [-0.15, -0.1) is 0 Å². The quantitative estimate of drug-likeness (QED) is 0.779. The van der Waals surface area contributed by atoms with E-state index in [9.17, 15) is 0 Å². The van der Waals surface area contributed by atoms with Crippen LogP contribution in [0.5, 0.6) is 0 Å². The van der Waals surface area contributed by atoms with Crippen molar-refractivity contribution in [3.05, 3.63) is 11.7 Å². The van der Waals surface area contributed by atoms with Gasteiger partial charge in [0.1, 0.15) is 0 Å². The minimum atomic E-state index is -0.391. The van der Waals surface area contributed by atoms with Gasteiger partial charge in [-0.2, -0.15) is 4.98 Å². The van der Waals surface area contributed by atoms with E-state index in [2.05, 4.69) is 30.9 Å². The highest BCUT2D eigenvalue weighted by Crippen LogP contribution is 2.41. The lowest BCUT2D eigenvalue weighted by atomic mass is 9.76. The van der Waals surface area contributed by atoms with Crippen LogP contribution in [-0.4, -0.2) is 10.1 Å². The molecule has 0 aliphatic heterocycles. The lowest BCUT2D eigenvalue weighted by Gasteiger charge is -2.30. The topological polar surface area (TPSA) is 64.9 Å². The van der Waals surface area contributed by atoms with Crippen LogP contribution in [0.1, 0.15) is 64.6 Å². The maximum Gasteiger partial charge on any atom is 0.223 e. The zero-order chi connectivity index (χ0) is 13.4. The van der Waals surface area contributed by atoms with E-state index in [0.717, 1.165) is 31.6 Å². The van der Waals surface area contributed by atoms with Crippen molar-refractivity contribution < 1.29 is 4.52 Å². The molecule has 1 heterocycles. The third kappa shape index (κ3) is 2.74. The molecule has 1 saturated carbocycles. The molecule has 2 N–H and O–H groups in total. The van der Waals surface area contributed by atoms with E-state index in [-0.39, 0.29) is 0 Å². The van der Waals surface area contributed by atoms with Gasteiger partial charge >= 0.3 is 0 Å². The van der Waals surface area contributed by atoms with E-state index in [1.54, 1.807) is 0 Å². The summed E-state index contributed by atoms with van der Waals surface area (Å²) in [4.78, 5) is 4.33. The van der Waals surface area contributed by atoms with Gasteiger partial charge in [-0.05, 0) is 37.0 Å². The van der Waals surface area contributed by atoms with Crippen molar-refractivity contribution in [3.8, 4) is 0 Å². The average Bonchev–Trinajstić information content (AvgIpc) is 2.58. The number of nitrogens with zero attached hydrogens (tertiary/aromatic N) is 2. The van der Waals surface area contributed by atoms with Crippen LogP contribution >= 0.6 is 0 Å². The molecule has 0 bridgehead atoms. The molecule has 0 amide bonds. The Morgan fingerprint density at radius 3 is 2.56 bits per heavy atom. The van der Waals surface area contributed by atoms with Gasteiger partial charge in [0.2, 0.25) is 5.89 Å². The zero-order valence-electron chi connectivity index (χ0n) is 12.0. The Morgan fingerprint density at radius 2 is 2.00 bits per heavy atom. The van der Waals surface area contributed by atoms with Crippen LogP contribution in [0, 0.1) is 18.3 Å². The van der Waals surface area contributed by atoms with Crippen LogP contribution in [0.4, 0.5) is 0 Å². The second-order valence-electron chi connectivity index (χ2n) is 6.79. The van der Waals surface area contributed by atoms with Crippen molar-refractivity contribution in [2.45, 2.75) is 65.3 Å². The standard InChI is InChI=1S/C14H25N3O/c1-10-16-12(17-18-10)14(15)8-5-6-11(7-9-14)13(2,3)4/h11H,5-9,15H2,1-4H3. The molecule has 0 aromatic carbocycles. The van der Waals surface area contributed by atoms with Crippen LogP contribution in [0.15, 0.2) is 4.52 Å². The molecule has 1 aromatic heterocycles. The van der Waals surface area contributed by atoms with Gasteiger partial charge in [0, 0.05) is 6.92 Å². The summed E-state index contributed by atoms with van der Waals surface area (Å²) < 4.78 is 5.08. The van der Waals surface area contributed by atoms with E-state index in [1.165, 1.54) is 6.42 Å². The molecule has 1 aromatic rings. The third-order valence-corrected chi connectivity index (χ3v) is 4.31. The number of nitrogens with two attached hydrogens (primary N) is 1. The lowest BCUT2D eigenvalue weighted by Crippen LogP contribution is -2.37. The Balaban J connectivity index is 2.13. The molecule has 1 aliphatic rings. The highest BCUT2D eigenvalue weighted by atomic mass is 16.5. The number of aromatic nitrogens is 2. The van der Waals surface area contributed by atoms with Crippen molar-refractivity contribution in [1.82, 2.24) is 10.1 Å². The molecule has 2 unspecified atom stereocenters. The molecule has 1 fully saturated rings. The molecule has 4 nitrogen and oxygen atoms in total. The first-order valence-corrected chi connectivity index (χ1v) is 6.91. The van der Waals surface area contributed by atoms with Crippen LogP contribution in [0.25, 0.3) is 0 Å². The molecule has 0 spiro atoms. The number of rotatable bonds is 1. The van der Waals surface area contributed by atoms with Gasteiger partial charge < -0.3 is 10.3 Å². The van der Waals surface area contributed by atoms with Gasteiger partial charge in [-0.25, -0.2) is 0 Å². The zero-order valence-corrected chi connectivity index (χ0v) is 12.0. The van der Waals surface area contributed by atoms with Crippen molar-refractivity contribution in [2.75, 3.05) is 0 Å². The van der Waals surface area contributed by atoms with Gasteiger partial charge in [0.05, 0.1) is 5.54 Å². The van der Waals surface area contributed by atoms with Gasteiger partial charge in [-0.1, -0.05) is 32.3 Å². The fraction of sp³-hybridized carbons (Fsp3) is 0.857. The minimum absolute atomic E-state index is 0.360. The largest absolute Gasteiger partial charge is 0.340 e. The monoisotopic (exact) mass is 251 g/mol. The number of hydrogen-bond donors (Lipinski definition) is 1. The Hall–Kier alpha value is -0.900. The van der Waals surface area contributed by atoms with Gasteiger partial charge in [0.25, 0.3) is 0 Å². The summed E-state index contributed by atoms with van der Waals surface area (Å²) in [6.45, 7) is 8.77. The normalized spacial score (nSPS) is 30.2. The number of aryl methyl sites for hydroxylation is 1. The first kappa shape index (κ1) is 13.5. The van der Waals surface area contributed by atoms with E-state index in [0.29, 0.717) is 17.1 Å². The molecule has 0 saturated heterocycles. The molecule has 102 valence electrons. The fourth-order valence-corrected chi connectivity index (χ4v) is 2.96. The summed E-state index contributed by atoms with van der Waals surface area (Å²) in [6, 6.07) is 0. The molecule has 1 aliphatic carbocycles. The van der Waals surface area contributed by atoms with Crippen molar-refractivity contribution in [3.63, 3.8) is 0 Å². The van der Waals surface area contributed by atoms with E-state index >= 15 is 0 Å². The smallest absolute Gasteiger partial charge is 0.223 e. The lowest BCUT2D eigenvalue weighted by molar-refractivity contribution is 0.209. The maximum atomic E-state index is 6.51.